The quantitative estimate of drug-likeness (QED) is 0.897. The molecule has 1 unspecified atom stereocenters. The molecule has 1 aromatic rings. The molecule has 0 radical (unpaired) electrons. The molecular weight excluding hydrogens is 292 g/mol. The predicted octanol–water partition coefficient (Wildman–Crippen LogP) is 2.54. The van der Waals surface area contributed by atoms with Gasteiger partial charge in [0.1, 0.15) is 4.90 Å². The largest absolute Gasteiger partial charge is 0.380 e. The van der Waals surface area contributed by atoms with Crippen molar-refractivity contribution >= 4 is 27.5 Å². The van der Waals surface area contributed by atoms with Crippen LogP contribution in [0.15, 0.2) is 29.2 Å². The summed E-state index contributed by atoms with van der Waals surface area (Å²) in [4.78, 5) is 0.316. The maximum atomic E-state index is 12.0. The fourth-order valence-electron chi connectivity index (χ4n) is 2.51. The van der Waals surface area contributed by atoms with Gasteiger partial charge in [-0.1, -0.05) is 26.0 Å². The maximum Gasteiger partial charge on any atom is 0.242 e. The second-order valence-corrected chi connectivity index (χ2v) is 8.81. The smallest absolute Gasteiger partial charge is 0.242 e. The van der Waals surface area contributed by atoms with Gasteiger partial charge < -0.3 is 5.32 Å². The third kappa shape index (κ3) is 3.68. The van der Waals surface area contributed by atoms with Gasteiger partial charge in [-0.2, -0.15) is 11.8 Å². The van der Waals surface area contributed by atoms with Crippen molar-refractivity contribution in [3.63, 3.8) is 0 Å². The molecule has 0 saturated carbocycles. The molecule has 4 nitrogen and oxygen atoms in total. The second kappa shape index (κ2) is 5.95. The summed E-state index contributed by atoms with van der Waals surface area (Å²) in [6, 6.07) is 7.37. The van der Waals surface area contributed by atoms with E-state index in [9.17, 15) is 8.42 Å². The number of anilines is 1. The predicted molar refractivity (Wildman–Crippen MR) is 85.8 cm³/mol. The first-order chi connectivity index (χ1) is 9.34. The molecule has 1 fully saturated rings. The molecule has 0 amide bonds. The van der Waals surface area contributed by atoms with Crippen LogP contribution in [-0.4, -0.2) is 33.0 Å². The number of thioether (sulfide) groups is 1. The van der Waals surface area contributed by atoms with Gasteiger partial charge in [0.15, 0.2) is 0 Å². The van der Waals surface area contributed by atoms with Gasteiger partial charge in [-0.25, -0.2) is 13.1 Å². The molecule has 0 aromatic heterocycles. The Morgan fingerprint density at radius 2 is 2.00 bits per heavy atom. The number of sulfonamides is 1. The highest BCUT2D eigenvalue weighted by Gasteiger charge is 2.29. The van der Waals surface area contributed by atoms with E-state index in [-0.39, 0.29) is 5.41 Å². The van der Waals surface area contributed by atoms with Gasteiger partial charge in [-0.3, -0.25) is 0 Å². The highest BCUT2D eigenvalue weighted by molar-refractivity contribution is 7.99. The Morgan fingerprint density at radius 3 is 2.65 bits per heavy atom. The molecule has 0 aliphatic carbocycles. The lowest BCUT2D eigenvalue weighted by Crippen LogP contribution is -2.35. The number of nitrogens with one attached hydrogen (secondary N) is 2. The third-order valence-electron chi connectivity index (χ3n) is 3.42. The maximum absolute atomic E-state index is 12.0. The van der Waals surface area contributed by atoms with Gasteiger partial charge in [0.25, 0.3) is 0 Å². The van der Waals surface area contributed by atoms with Crippen LogP contribution >= 0.6 is 11.8 Å². The third-order valence-corrected chi connectivity index (χ3v) is 6.51. The summed E-state index contributed by atoms with van der Waals surface area (Å²) >= 11 is 1.92. The van der Waals surface area contributed by atoms with Crippen molar-refractivity contribution in [3.05, 3.63) is 24.3 Å². The number of rotatable bonds is 4. The van der Waals surface area contributed by atoms with Crippen molar-refractivity contribution in [2.45, 2.75) is 31.2 Å². The standard InChI is InChI=1S/C14H22N2O2S2/c1-14(2)8-11(9-19-10-14)16-12-6-4-5-7-13(12)20(17,18)15-3/h4-7,11,15-16H,8-10H2,1-3H3. The Hall–Kier alpha value is -0.720. The van der Waals surface area contributed by atoms with Gasteiger partial charge in [-0.05, 0) is 36.8 Å². The molecular formula is C14H22N2O2S2. The Labute approximate surface area is 125 Å². The van der Waals surface area contributed by atoms with Crippen molar-refractivity contribution in [2.75, 3.05) is 23.9 Å². The monoisotopic (exact) mass is 314 g/mol. The molecule has 6 heteroatoms. The Kier molecular flexibility index (Phi) is 4.66. The van der Waals surface area contributed by atoms with E-state index in [1.54, 1.807) is 12.1 Å². The summed E-state index contributed by atoms with van der Waals surface area (Å²) in [7, 11) is -1.99. The number of para-hydroxylation sites is 1. The number of benzene rings is 1. The van der Waals surface area contributed by atoms with Crippen molar-refractivity contribution < 1.29 is 8.42 Å². The van der Waals surface area contributed by atoms with Crippen LogP contribution in [0, 0.1) is 5.41 Å². The molecule has 1 aliphatic heterocycles. The average Bonchev–Trinajstić information content (AvgIpc) is 2.38. The second-order valence-electron chi connectivity index (χ2n) is 5.93. The van der Waals surface area contributed by atoms with E-state index in [0.29, 0.717) is 16.6 Å². The lowest BCUT2D eigenvalue weighted by molar-refractivity contribution is 0.358. The molecule has 1 atom stereocenters. The first-order valence-electron chi connectivity index (χ1n) is 6.71. The van der Waals surface area contributed by atoms with E-state index in [0.717, 1.165) is 17.9 Å². The first-order valence-corrected chi connectivity index (χ1v) is 9.35. The molecule has 0 spiro atoms. The normalized spacial score (nSPS) is 22.4. The van der Waals surface area contributed by atoms with E-state index in [1.807, 2.05) is 23.9 Å². The fourth-order valence-corrected chi connectivity index (χ4v) is 4.67. The molecule has 2 rings (SSSR count). The lowest BCUT2D eigenvalue weighted by atomic mass is 9.88. The van der Waals surface area contributed by atoms with Crippen LogP contribution in [0.4, 0.5) is 5.69 Å². The lowest BCUT2D eigenvalue weighted by Gasteiger charge is -2.35. The van der Waals surface area contributed by atoms with Crippen LogP contribution in [0.25, 0.3) is 0 Å². The van der Waals surface area contributed by atoms with Gasteiger partial charge in [0, 0.05) is 11.8 Å². The van der Waals surface area contributed by atoms with Crippen LogP contribution < -0.4 is 10.0 Å². The summed E-state index contributed by atoms with van der Waals surface area (Å²) in [5.74, 6) is 2.17. The Bertz CT molecular complexity index is 570. The van der Waals surface area contributed by atoms with Crippen molar-refractivity contribution in [1.82, 2.24) is 4.72 Å². The van der Waals surface area contributed by atoms with E-state index in [1.165, 1.54) is 7.05 Å². The summed E-state index contributed by atoms with van der Waals surface area (Å²) < 4.78 is 26.4. The highest BCUT2D eigenvalue weighted by atomic mass is 32.2. The minimum Gasteiger partial charge on any atom is -0.380 e. The van der Waals surface area contributed by atoms with E-state index in [2.05, 4.69) is 23.9 Å². The molecule has 0 bridgehead atoms. The number of hydrogen-bond donors (Lipinski definition) is 2. The summed E-state index contributed by atoms with van der Waals surface area (Å²) in [6.07, 6.45) is 1.05. The summed E-state index contributed by atoms with van der Waals surface area (Å²) in [6.45, 7) is 4.51. The van der Waals surface area contributed by atoms with E-state index in [4.69, 9.17) is 0 Å². The van der Waals surface area contributed by atoms with Crippen LogP contribution in [0.2, 0.25) is 0 Å². The molecule has 2 N–H and O–H groups in total. The molecule has 112 valence electrons. The van der Waals surface area contributed by atoms with Crippen molar-refractivity contribution in [3.8, 4) is 0 Å². The fraction of sp³-hybridized carbons (Fsp3) is 0.571. The van der Waals surface area contributed by atoms with Crippen LogP contribution in [0.3, 0.4) is 0 Å². The topological polar surface area (TPSA) is 58.2 Å². The molecule has 1 saturated heterocycles. The zero-order valence-electron chi connectivity index (χ0n) is 12.1. The highest BCUT2D eigenvalue weighted by Crippen LogP contribution is 2.35. The van der Waals surface area contributed by atoms with Crippen LogP contribution in [0.1, 0.15) is 20.3 Å². The molecule has 1 heterocycles. The first kappa shape index (κ1) is 15.7. The minimum absolute atomic E-state index is 0.289. The number of hydrogen-bond acceptors (Lipinski definition) is 4. The Balaban J connectivity index is 2.22. The van der Waals surface area contributed by atoms with Crippen LogP contribution in [0.5, 0.6) is 0 Å². The Morgan fingerprint density at radius 1 is 1.30 bits per heavy atom. The minimum atomic E-state index is -3.43. The SMILES string of the molecule is CNS(=O)(=O)c1ccccc1NC1CSCC(C)(C)C1. The van der Waals surface area contributed by atoms with Gasteiger partial charge in [-0.15, -0.1) is 0 Å². The zero-order valence-corrected chi connectivity index (χ0v) is 13.8. The van der Waals surface area contributed by atoms with Gasteiger partial charge in [0.05, 0.1) is 5.69 Å². The van der Waals surface area contributed by atoms with E-state index < -0.39 is 10.0 Å². The zero-order chi connectivity index (χ0) is 14.8. The summed E-state index contributed by atoms with van der Waals surface area (Å²) in [5.41, 5.74) is 0.974. The molecule has 1 aromatic carbocycles. The van der Waals surface area contributed by atoms with Crippen molar-refractivity contribution in [2.24, 2.45) is 5.41 Å². The van der Waals surface area contributed by atoms with E-state index >= 15 is 0 Å². The van der Waals surface area contributed by atoms with Gasteiger partial charge >= 0.3 is 0 Å². The van der Waals surface area contributed by atoms with Crippen LogP contribution in [-0.2, 0) is 10.0 Å². The summed E-state index contributed by atoms with van der Waals surface area (Å²) in [5, 5.41) is 3.41. The molecule has 20 heavy (non-hydrogen) atoms. The average molecular weight is 314 g/mol. The van der Waals surface area contributed by atoms with Crippen molar-refractivity contribution in [1.29, 1.82) is 0 Å². The molecule has 1 aliphatic rings. The van der Waals surface area contributed by atoms with Gasteiger partial charge in [0.2, 0.25) is 10.0 Å².